The van der Waals surface area contributed by atoms with E-state index in [0.717, 1.165) is 4.57 Å². The average Bonchev–Trinajstić information content (AvgIpc) is 2.59. The summed E-state index contributed by atoms with van der Waals surface area (Å²) in [6.45, 7) is 2.20. The highest BCUT2D eigenvalue weighted by atomic mass is 16.7. The summed E-state index contributed by atoms with van der Waals surface area (Å²) in [6.07, 6.45) is 1.35. The van der Waals surface area contributed by atoms with Crippen LogP contribution in [0.5, 0.6) is 0 Å². The molecule has 2 rings (SSSR count). The molecule has 0 unspecified atom stereocenters. The molecule has 0 spiro atoms. The number of hydrogen-bond donors (Lipinski definition) is 1. The molecule has 0 bridgehead atoms. The van der Waals surface area contributed by atoms with Crippen LogP contribution in [-0.2, 0) is 7.05 Å². The molecule has 0 aliphatic rings. The minimum absolute atomic E-state index is 0.233. The third kappa shape index (κ3) is 1.32. The Labute approximate surface area is 83.9 Å². The van der Waals surface area contributed by atoms with Crippen LogP contribution in [0, 0.1) is 0 Å². The summed E-state index contributed by atoms with van der Waals surface area (Å²) in [5, 5.41) is 0. The number of aromatic amines is 1. The molecule has 0 aliphatic carbocycles. The second-order valence-corrected chi connectivity index (χ2v) is 2.98. The number of H-pyrrole nitrogens is 1. The minimum atomic E-state index is -0.491. The SMILES string of the molecule is CCOn1cnc2[nH]c(=O)n(C)c(=O)c21. The molecule has 0 saturated carbocycles. The summed E-state index contributed by atoms with van der Waals surface area (Å²) in [6, 6.07) is 0. The van der Waals surface area contributed by atoms with Gasteiger partial charge in [-0.05, 0) is 6.92 Å². The van der Waals surface area contributed by atoms with Gasteiger partial charge in [0.05, 0.1) is 0 Å². The summed E-state index contributed by atoms with van der Waals surface area (Å²) in [7, 11) is 1.39. The van der Waals surface area contributed by atoms with E-state index in [1.54, 1.807) is 6.92 Å². The van der Waals surface area contributed by atoms with Crippen molar-refractivity contribution in [3.63, 3.8) is 0 Å². The summed E-state index contributed by atoms with van der Waals surface area (Å²) in [4.78, 5) is 34.4. The molecule has 0 amide bonds. The van der Waals surface area contributed by atoms with Gasteiger partial charge in [-0.15, -0.1) is 0 Å². The number of nitrogens with one attached hydrogen (secondary N) is 1. The van der Waals surface area contributed by atoms with E-state index in [1.807, 2.05) is 0 Å². The van der Waals surface area contributed by atoms with E-state index < -0.39 is 11.2 Å². The third-order valence-electron chi connectivity index (χ3n) is 2.04. The zero-order valence-corrected chi connectivity index (χ0v) is 8.35. The first-order chi connectivity index (χ1) is 7.15. The maximum Gasteiger partial charge on any atom is 0.329 e. The van der Waals surface area contributed by atoms with Gasteiger partial charge in [-0.3, -0.25) is 14.3 Å². The van der Waals surface area contributed by atoms with Crippen LogP contribution in [0.4, 0.5) is 0 Å². The van der Waals surface area contributed by atoms with Crippen molar-refractivity contribution in [2.75, 3.05) is 6.61 Å². The summed E-state index contributed by atoms with van der Waals surface area (Å²) < 4.78 is 2.23. The van der Waals surface area contributed by atoms with Crippen LogP contribution in [0.15, 0.2) is 15.9 Å². The Morgan fingerprint density at radius 3 is 2.93 bits per heavy atom. The number of hydrogen-bond acceptors (Lipinski definition) is 4. The van der Waals surface area contributed by atoms with Crippen LogP contribution in [0.3, 0.4) is 0 Å². The number of nitrogens with zero attached hydrogens (tertiary/aromatic N) is 3. The second kappa shape index (κ2) is 3.26. The van der Waals surface area contributed by atoms with Gasteiger partial charge in [0.1, 0.15) is 12.9 Å². The first-order valence-corrected chi connectivity index (χ1v) is 4.44. The zero-order chi connectivity index (χ0) is 11.0. The fourth-order valence-corrected chi connectivity index (χ4v) is 1.29. The molecule has 0 saturated heterocycles. The highest BCUT2D eigenvalue weighted by Crippen LogP contribution is 1.99. The molecular formula is C8H10N4O3. The predicted octanol–water partition coefficient (Wildman–Crippen LogP) is -1.13. The van der Waals surface area contributed by atoms with Gasteiger partial charge in [0.2, 0.25) is 0 Å². The fourth-order valence-electron chi connectivity index (χ4n) is 1.29. The highest BCUT2D eigenvalue weighted by Gasteiger charge is 2.11. The van der Waals surface area contributed by atoms with Gasteiger partial charge >= 0.3 is 5.69 Å². The third-order valence-corrected chi connectivity index (χ3v) is 2.04. The second-order valence-electron chi connectivity index (χ2n) is 2.98. The van der Waals surface area contributed by atoms with Gasteiger partial charge in [-0.2, -0.15) is 4.73 Å². The van der Waals surface area contributed by atoms with Crippen molar-refractivity contribution < 1.29 is 4.84 Å². The zero-order valence-electron chi connectivity index (χ0n) is 8.35. The van der Waals surface area contributed by atoms with Gasteiger partial charge in [-0.1, -0.05) is 0 Å². The van der Waals surface area contributed by atoms with Crippen LogP contribution in [0.2, 0.25) is 0 Å². The predicted molar refractivity (Wildman–Crippen MR) is 52.7 cm³/mol. The topological polar surface area (TPSA) is 81.9 Å². The van der Waals surface area contributed by atoms with E-state index in [4.69, 9.17) is 4.84 Å². The van der Waals surface area contributed by atoms with E-state index in [2.05, 4.69) is 9.97 Å². The molecule has 15 heavy (non-hydrogen) atoms. The first kappa shape index (κ1) is 9.50. The van der Waals surface area contributed by atoms with Gasteiger partial charge in [-0.25, -0.2) is 9.78 Å². The van der Waals surface area contributed by atoms with Crippen molar-refractivity contribution in [3.8, 4) is 0 Å². The summed E-state index contributed by atoms with van der Waals surface area (Å²) in [5.41, 5.74) is -0.454. The molecule has 2 aromatic rings. The Morgan fingerprint density at radius 2 is 2.27 bits per heavy atom. The Kier molecular flexibility index (Phi) is 2.07. The van der Waals surface area contributed by atoms with Gasteiger partial charge in [0.25, 0.3) is 5.56 Å². The maximum atomic E-state index is 11.7. The van der Waals surface area contributed by atoms with E-state index >= 15 is 0 Å². The quantitative estimate of drug-likeness (QED) is 0.680. The van der Waals surface area contributed by atoms with Crippen molar-refractivity contribution in [2.24, 2.45) is 7.05 Å². The van der Waals surface area contributed by atoms with E-state index in [1.165, 1.54) is 18.1 Å². The molecule has 0 aromatic carbocycles. The average molecular weight is 210 g/mol. The molecule has 0 radical (unpaired) electrons. The van der Waals surface area contributed by atoms with Crippen molar-refractivity contribution in [2.45, 2.75) is 6.92 Å². The lowest BCUT2D eigenvalue weighted by molar-refractivity contribution is 0.130. The Hall–Kier alpha value is -2.05. The van der Waals surface area contributed by atoms with E-state index in [0.29, 0.717) is 6.61 Å². The molecular weight excluding hydrogens is 200 g/mol. The number of aromatic nitrogens is 4. The van der Waals surface area contributed by atoms with Crippen molar-refractivity contribution in [3.05, 3.63) is 27.2 Å². The molecule has 7 heteroatoms. The molecule has 7 nitrogen and oxygen atoms in total. The van der Waals surface area contributed by atoms with E-state index in [-0.39, 0.29) is 11.2 Å². The standard InChI is InChI=1S/C8H10N4O3/c1-3-15-12-4-9-6-5(12)7(13)11(2)8(14)10-6/h4H,3H2,1-2H3,(H,10,14). The Balaban J connectivity index is 2.86. The van der Waals surface area contributed by atoms with Crippen LogP contribution < -0.4 is 16.1 Å². The van der Waals surface area contributed by atoms with Crippen molar-refractivity contribution in [1.82, 2.24) is 19.3 Å². The summed E-state index contributed by atoms with van der Waals surface area (Å²) in [5.74, 6) is 0. The molecule has 0 fully saturated rings. The maximum absolute atomic E-state index is 11.7. The molecule has 2 heterocycles. The normalized spacial score (nSPS) is 10.8. The van der Waals surface area contributed by atoms with Gasteiger partial charge in [0, 0.05) is 7.05 Å². The van der Waals surface area contributed by atoms with Crippen LogP contribution >= 0.6 is 0 Å². The lowest BCUT2D eigenvalue weighted by Crippen LogP contribution is -2.33. The fraction of sp³-hybridized carbons (Fsp3) is 0.375. The monoisotopic (exact) mass is 210 g/mol. The van der Waals surface area contributed by atoms with Crippen LogP contribution in [-0.4, -0.2) is 25.9 Å². The van der Waals surface area contributed by atoms with Crippen LogP contribution in [0.25, 0.3) is 11.2 Å². The highest BCUT2D eigenvalue weighted by molar-refractivity contribution is 5.68. The molecule has 0 atom stereocenters. The number of rotatable bonds is 2. The lowest BCUT2D eigenvalue weighted by Gasteiger charge is -2.03. The first-order valence-electron chi connectivity index (χ1n) is 4.44. The van der Waals surface area contributed by atoms with Gasteiger partial charge in [0.15, 0.2) is 11.2 Å². The Bertz CT molecular complexity index is 606. The van der Waals surface area contributed by atoms with Crippen molar-refractivity contribution in [1.29, 1.82) is 0 Å². The largest absolute Gasteiger partial charge is 0.412 e. The van der Waals surface area contributed by atoms with E-state index in [9.17, 15) is 9.59 Å². The van der Waals surface area contributed by atoms with Crippen molar-refractivity contribution >= 4 is 11.2 Å². The summed E-state index contributed by atoms with van der Waals surface area (Å²) >= 11 is 0. The van der Waals surface area contributed by atoms with Crippen LogP contribution in [0.1, 0.15) is 6.92 Å². The molecule has 2 aromatic heterocycles. The number of imidazole rings is 1. The van der Waals surface area contributed by atoms with Gasteiger partial charge < -0.3 is 4.84 Å². The minimum Gasteiger partial charge on any atom is -0.412 e. The lowest BCUT2D eigenvalue weighted by atomic mass is 10.5. The molecule has 1 N–H and O–H groups in total. The Morgan fingerprint density at radius 1 is 1.53 bits per heavy atom. The smallest absolute Gasteiger partial charge is 0.329 e. The number of fused-ring (bicyclic) bond motifs is 1. The molecule has 0 aliphatic heterocycles. The molecule has 80 valence electrons.